The molecular formula is C18H17BrN2. The summed E-state index contributed by atoms with van der Waals surface area (Å²) in [5.41, 5.74) is 10.8. The second kappa shape index (κ2) is 5.96. The average molecular weight is 341 g/mol. The van der Waals surface area contributed by atoms with Crippen LogP contribution in [0.15, 0.2) is 59.1 Å². The number of pyridine rings is 1. The van der Waals surface area contributed by atoms with Crippen molar-refractivity contribution in [3.05, 3.63) is 75.9 Å². The van der Waals surface area contributed by atoms with Crippen molar-refractivity contribution >= 4 is 26.8 Å². The Hall–Kier alpha value is -1.71. The maximum absolute atomic E-state index is 6.38. The van der Waals surface area contributed by atoms with Gasteiger partial charge in [0.05, 0.1) is 5.52 Å². The van der Waals surface area contributed by atoms with Gasteiger partial charge >= 0.3 is 0 Å². The van der Waals surface area contributed by atoms with Crippen LogP contribution in [0.2, 0.25) is 0 Å². The van der Waals surface area contributed by atoms with Crippen molar-refractivity contribution < 1.29 is 0 Å². The molecule has 2 nitrogen and oxygen atoms in total. The third-order valence-electron chi connectivity index (χ3n) is 3.79. The lowest BCUT2D eigenvalue weighted by Gasteiger charge is -2.15. The Morgan fingerprint density at radius 3 is 2.71 bits per heavy atom. The van der Waals surface area contributed by atoms with Crippen LogP contribution in [-0.2, 0) is 6.42 Å². The molecule has 0 aliphatic rings. The van der Waals surface area contributed by atoms with E-state index in [4.69, 9.17) is 10.7 Å². The van der Waals surface area contributed by atoms with Crippen LogP contribution in [-0.4, -0.2) is 4.98 Å². The lowest BCUT2D eigenvalue weighted by Crippen LogP contribution is -2.15. The minimum atomic E-state index is -0.0452. The fourth-order valence-corrected chi connectivity index (χ4v) is 2.96. The van der Waals surface area contributed by atoms with Crippen LogP contribution >= 0.6 is 15.9 Å². The summed E-state index contributed by atoms with van der Waals surface area (Å²) in [6.07, 6.45) is 0.738. The van der Waals surface area contributed by atoms with E-state index in [1.54, 1.807) is 0 Å². The number of nitrogens with zero attached hydrogens (tertiary/aromatic N) is 1. The monoisotopic (exact) mass is 340 g/mol. The van der Waals surface area contributed by atoms with E-state index in [-0.39, 0.29) is 6.04 Å². The summed E-state index contributed by atoms with van der Waals surface area (Å²) in [6, 6.07) is 18.4. The average Bonchev–Trinajstić information content (AvgIpc) is 2.50. The molecule has 1 unspecified atom stereocenters. The molecular weight excluding hydrogens is 324 g/mol. The summed E-state index contributed by atoms with van der Waals surface area (Å²) >= 11 is 3.56. The van der Waals surface area contributed by atoms with Crippen molar-refractivity contribution in [2.75, 3.05) is 0 Å². The first-order valence-corrected chi connectivity index (χ1v) is 7.80. The van der Waals surface area contributed by atoms with Gasteiger partial charge in [-0.3, -0.25) is 4.98 Å². The lowest BCUT2D eigenvalue weighted by molar-refractivity contribution is 0.703. The lowest BCUT2D eigenvalue weighted by atomic mass is 9.98. The first-order chi connectivity index (χ1) is 10.1. The summed E-state index contributed by atoms with van der Waals surface area (Å²) in [5.74, 6) is 0. The Bertz CT molecular complexity index is 783. The van der Waals surface area contributed by atoms with Crippen molar-refractivity contribution in [3.63, 3.8) is 0 Å². The molecule has 2 aromatic carbocycles. The molecule has 0 bridgehead atoms. The molecule has 0 radical (unpaired) electrons. The molecule has 1 heterocycles. The summed E-state index contributed by atoms with van der Waals surface area (Å²) < 4.78 is 1.10. The quantitative estimate of drug-likeness (QED) is 0.759. The second-order valence-corrected chi connectivity index (χ2v) is 6.11. The van der Waals surface area contributed by atoms with Crippen molar-refractivity contribution in [2.24, 2.45) is 5.73 Å². The van der Waals surface area contributed by atoms with E-state index in [1.165, 1.54) is 11.1 Å². The van der Waals surface area contributed by atoms with Gasteiger partial charge in [-0.1, -0.05) is 52.3 Å². The summed E-state index contributed by atoms with van der Waals surface area (Å²) in [4.78, 5) is 4.70. The Morgan fingerprint density at radius 1 is 1.05 bits per heavy atom. The van der Waals surface area contributed by atoms with E-state index in [0.717, 1.165) is 27.5 Å². The topological polar surface area (TPSA) is 38.9 Å². The molecule has 0 aliphatic carbocycles. The Balaban J connectivity index is 1.89. The molecule has 106 valence electrons. The van der Waals surface area contributed by atoms with Gasteiger partial charge in [-0.05, 0) is 36.2 Å². The van der Waals surface area contributed by atoms with Gasteiger partial charge in [0.25, 0.3) is 0 Å². The zero-order chi connectivity index (χ0) is 14.8. The highest BCUT2D eigenvalue weighted by atomic mass is 79.9. The highest BCUT2D eigenvalue weighted by Gasteiger charge is 2.12. The predicted octanol–water partition coefficient (Wildman–Crippen LogP) is 4.55. The van der Waals surface area contributed by atoms with E-state index in [1.807, 2.05) is 30.3 Å². The Labute approximate surface area is 133 Å². The maximum Gasteiger partial charge on any atom is 0.0705 e. The second-order valence-electron chi connectivity index (χ2n) is 5.26. The molecule has 3 heteroatoms. The molecule has 3 rings (SSSR count). The predicted molar refractivity (Wildman–Crippen MR) is 91.3 cm³/mol. The zero-order valence-corrected chi connectivity index (χ0v) is 13.5. The molecule has 21 heavy (non-hydrogen) atoms. The minimum Gasteiger partial charge on any atom is -0.324 e. The molecule has 0 amide bonds. The highest BCUT2D eigenvalue weighted by Crippen LogP contribution is 2.25. The first-order valence-electron chi connectivity index (χ1n) is 7.00. The number of benzene rings is 2. The van der Waals surface area contributed by atoms with Crippen LogP contribution in [0.4, 0.5) is 0 Å². The number of hydrogen-bond acceptors (Lipinski definition) is 2. The van der Waals surface area contributed by atoms with Crippen LogP contribution in [0.5, 0.6) is 0 Å². The SMILES string of the molecule is Cc1c(Br)cccc1C(N)Cc1ccc2ccccc2n1. The Kier molecular flexibility index (Phi) is 4.04. The largest absolute Gasteiger partial charge is 0.324 e. The van der Waals surface area contributed by atoms with Gasteiger partial charge in [-0.15, -0.1) is 0 Å². The number of para-hydroxylation sites is 1. The van der Waals surface area contributed by atoms with Gasteiger partial charge in [0.15, 0.2) is 0 Å². The van der Waals surface area contributed by atoms with Crippen molar-refractivity contribution in [1.29, 1.82) is 0 Å². The fraction of sp³-hybridized carbons (Fsp3) is 0.167. The van der Waals surface area contributed by atoms with Crippen molar-refractivity contribution in [1.82, 2.24) is 4.98 Å². The van der Waals surface area contributed by atoms with E-state index in [9.17, 15) is 0 Å². The number of halogens is 1. The molecule has 1 aromatic heterocycles. The van der Waals surface area contributed by atoms with Crippen molar-refractivity contribution in [3.8, 4) is 0 Å². The molecule has 3 aromatic rings. The van der Waals surface area contributed by atoms with Gasteiger partial charge in [-0.25, -0.2) is 0 Å². The number of aromatic nitrogens is 1. The number of hydrogen-bond donors (Lipinski definition) is 1. The fourth-order valence-electron chi connectivity index (χ4n) is 2.58. The summed E-state index contributed by atoms with van der Waals surface area (Å²) in [7, 11) is 0. The van der Waals surface area contributed by atoms with Gasteiger partial charge in [0.1, 0.15) is 0 Å². The van der Waals surface area contributed by atoms with Crippen LogP contribution < -0.4 is 5.73 Å². The summed E-state index contributed by atoms with van der Waals surface area (Å²) in [6.45, 7) is 2.09. The number of fused-ring (bicyclic) bond motifs is 1. The van der Waals surface area contributed by atoms with Crippen molar-refractivity contribution in [2.45, 2.75) is 19.4 Å². The molecule has 1 atom stereocenters. The number of rotatable bonds is 3. The van der Waals surface area contributed by atoms with E-state index >= 15 is 0 Å². The number of nitrogens with two attached hydrogens (primary N) is 1. The van der Waals surface area contributed by atoms with E-state index < -0.39 is 0 Å². The minimum absolute atomic E-state index is 0.0452. The summed E-state index contributed by atoms with van der Waals surface area (Å²) in [5, 5.41) is 1.16. The van der Waals surface area contributed by atoms with Gasteiger partial charge < -0.3 is 5.73 Å². The van der Waals surface area contributed by atoms with Gasteiger partial charge in [-0.2, -0.15) is 0 Å². The standard InChI is InChI=1S/C18H17BrN2/c1-12-15(6-4-7-16(12)19)17(20)11-14-10-9-13-5-2-3-8-18(13)21-14/h2-10,17H,11,20H2,1H3. The normalized spacial score (nSPS) is 12.5. The van der Waals surface area contributed by atoms with Crippen LogP contribution in [0.1, 0.15) is 22.9 Å². The molecule has 0 fully saturated rings. The Morgan fingerprint density at radius 2 is 1.86 bits per heavy atom. The third kappa shape index (κ3) is 2.99. The maximum atomic E-state index is 6.38. The van der Waals surface area contributed by atoms with E-state index in [2.05, 4.69) is 47.1 Å². The van der Waals surface area contributed by atoms with Gasteiger partial charge in [0, 0.05) is 28.0 Å². The first kappa shape index (κ1) is 14.2. The van der Waals surface area contributed by atoms with Gasteiger partial charge in [0.2, 0.25) is 0 Å². The van der Waals surface area contributed by atoms with Crippen LogP contribution in [0.3, 0.4) is 0 Å². The molecule has 0 spiro atoms. The molecule has 0 saturated carbocycles. The highest BCUT2D eigenvalue weighted by molar-refractivity contribution is 9.10. The van der Waals surface area contributed by atoms with Crippen LogP contribution in [0, 0.1) is 6.92 Å². The van der Waals surface area contributed by atoms with Crippen LogP contribution in [0.25, 0.3) is 10.9 Å². The van der Waals surface area contributed by atoms with E-state index in [0.29, 0.717) is 0 Å². The molecule has 0 aliphatic heterocycles. The third-order valence-corrected chi connectivity index (χ3v) is 4.65. The smallest absolute Gasteiger partial charge is 0.0705 e. The molecule has 2 N–H and O–H groups in total. The molecule has 0 saturated heterocycles. The zero-order valence-electron chi connectivity index (χ0n) is 11.9.